The van der Waals surface area contributed by atoms with Gasteiger partial charge in [0.2, 0.25) is 11.8 Å². The van der Waals surface area contributed by atoms with Gasteiger partial charge in [-0.05, 0) is 12.0 Å². The molecule has 0 N–H and O–H groups in total. The first-order valence-corrected chi connectivity index (χ1v) is 11.7. The largest absolute Gasteiger partial charge is 0.340 e. The fourth-order valence-electron chi connectivity index (χ4n) is 4.80. The molecule has 2 amide bonds. The predicted octanol–water partition coefficient (Wildman–Crippen LogP) is 0.537. The summed E-state index contributed by atoms with van der Waals surface area (Å²) in [5.74, 6) is 0.177. The van der Waals surface area contributed by atoms with Crippen LogP contribution in [-0.2, 0) is 19.4 Å². The number of carbonyl (C=O) groups is 2. The van der Waals surface area contributed by atoms with Gasteiger partial charge < -0.3 is 9.80 Å². The van der Waals surface area contributed by atoms with Crippen molar-refractivity contribution in [3.8, 4) is 0 Å². The average molecular weight is 406 g/mol. The average Bonchev–Trinajstić information content (AvgIpc) is 3.21. The van der Waals surface area contributed by atoms with Crippen LogP contribution in [0.15, 0.2) is 30.3 Å². The molecule has 0 bridgehead atoms. The summed E-state index contributed by atoms with van der Waals surface area (Å²) in [5.41, 5.74) is 0.990. The molecular weight excluding hydrogens is 378 g/mol. The van der Waals surface area contributed by atoms with Crippen LogP contribution in [0.1, 0.15) is 24.4 Å². The first-order valence-electron chi connectivity index (χ1n) is 9.89. The zero-order chi connectivity index (χ0) is 19.9. The van der Waals surface area contributed by atoms with Gasteiger partial charge in [0.05, 0.1) is 23.5 Å². The maximum Gasteiger partial charge on any atom is 0.228 e. The lowest BCUT2D eigenvalue weighted by molar-refractivity contribution is -0.138. The van der Waals surface area contributed by atoms with Gasteiger partial charge >= 0.3 is 0 Å². The molecule has 3 atom stereocenters. The monoisotopic (exact) mass is 405 g/mol. The van der Waals surface area contributed by atoms with Crippen molar-refractivity contribution < 1.29 is 18.0 Å². The molecule has 0 aromatic heterocycles. The third-order valence-electron chi connectivity index (χ3n) is 6.40. The second-order valence-electron chi connectivity index (χ2n) is 8.09. The summed E-state index contributed by atoms with van der Waals surface area (Å²) in [6, 6.07) is 9.60. The fourth-order valence-corrected chi connectivity index (χ4v) is 6.56. The molecule has 8 heteroatoms. The number of carbonyl (C=O) groups excluding carboxylic acids is 2. The van der Waals surface area contributed by atoms with Gasteiger partial charge in [0.1, 0.15) is 0 Å². The van der Waals surface area contributed by atoms with E-state index in [2.05, 4.69) is 4.90 Å². The Balaban J connectivity index is 1.42. The van der Waals surface area contributed by atoms with Crippen LogP contribution in [0.3, 0.4) is 0 Å². The number of sulfone groups is 1. The Morgan fingerprint density at radius 3 is 2.36 bits per heavy atom. The van der Waals surface area contributed by atoms with Crippen LogP contribution in [0.2, 0.25) is 0 Å². The summed E-state index contributed by atoms with van der Waals surface area (Å²) in [5, 5.41) is 0. The van der Waals surface area contributed by atoms with Gasteiger partial charge in [0.25, 0.3) is 0 Å². The summed E-state index contributed by atoms with van der Waals surface area (Å²) >= 11 is 0. The van der Waals surface area contributed by atoms with Gasteiger partial charge in [-0.3, -0.25) is 14.5 Å². The molecule has 3 aliphatic rings. The molecule has 3 aliphatic heterocycles. The molecule has 1 aromatic rings. The van der Waals surface area contributed by atoms with Gasteiger partial charge in [-0.2, -0.15) is 0 Å². The molecule has 0 spiro atoms. The van der Waals surface area contributed by atoms with Crippen LogP contribution >= 0.6 is 0 Å². The van der Waals surface area contributed by atoms with E-state index in [0.29, 0.717) is 32.6 Å². The lowest BCUT2D eigenvalue weighted by Crippen LogP contribution is -2.53. The van der Waals surface area contributed by atoms with Crippen LogP contribution in [0.4, 0.5) is 0 Å². The van der Waals surface area contributed by atoms with Gasteiger partial charge in [0, 0.05) is 45.7 Å². The standard InChI is InChI=1S/C20H27N3O4S/c1-21-18(24)13-17(19(21)15-5-3-2-4-6-15)20(25)23-10-8-22(9-11-23)16-7-12-28(26,27)14-16/h2-6,16-17,19H,7-14H2,1H3/t16-,17-,19-/m0/s1. The number of hydrogen-bond acceptors (Lipinski definition) is 5. The van der Waals surface area contributed by atoms with Crippen LogP contribution < -0.4 is 0 Å². The molecule has 4 rings (SSSR count). The van der Waals surface area contributed by atoms with Crippen LogP contribution in [0.25, 0.3) is 0 Å². The second kappa shape index (κ2) is 7.48. The molecule has 7 nitrogen and oxygen atoms in total. The Morgan fingerprint density at radius 1 is 1.07 bits per heavy atom. The Hall–Kier alpha value is -1.93. The van der Waals surface area contributed by atoms with E-state index < -0.39 is 9.84 Å². The highest BCUT2D eigenvalue weighted by Crippen LogP contribution is 2.38. The molecule has 0 radical (unpaired) electrons. The molecule has 3 saturated heterocycles. The lowest BCUT2D eigenvalue weighted by Gasteiger charge is -2.39. The Morgan fingerprint density at radius 2 is 1.75 bits per heavy atom. The number of hydrogen-bond donors (Lipinski definition) is 0. The minimum absolute atomic E-state index is 0.00185. The smallest absolute Gasteiger partial charge is 0.228 e. The summed E-state index contributed by atoms with van der Waals surface area (Å²) in [7, 11) is -1.13. The van der Waals surface area contributed by atoms with Crippen LogP contribution in [-0.4, -0.2) is 85.7 Å². The number of benzene rings is 1. The molecule has 1 aromatic carbocycles. The lowest BCUT2D eigenvalue weighted by atomic mass is 9.92. The molecule has 3 heterocycles. The van der Waals surface area contributed by atoms with Crippen molar-refractivity contribution in [3.05, 3.63) is 35.9 Å². The highest BCUT2D eigenvalue weighted by Gasteiger charge is 2.45. The van der Waals surface area contributed by atoms with Crippen molar-refractivity contribution in [1.82, 2.24) is 14.7 Å². The molecule has 152 valence electrons. The zero-order valence-electron chi connectivity index (χ0n) is 16.2. The summed E-state index contributed by atoms with van der Waals surface area (Å²) in [6.07, 6.45) is 0.935. The summed E-state index contributed by atoms with van der Waals surface area (Å²) in [6.45, 7) is 2.56. The predicted molar refractivity (Wildman–Crippen MR) is 105 cm³/mol. The Labute approximate surface area is 166 Å². The van der Waals surface area contributed by atoms with Crippen molar-refractivity contribution in [3.63, 3.8) is 0 Å². The SMILES string of the molecule is CN1C(=O)C[C@H](C(=O)N2CCN([C@H]3CCS(=O)(=O)C3)CC2)[C@@H]1c1ccccc1. The van der Waals surface area contributed by atoms with Crippen molar-refractivity contribution >= 4 is 21.7 Å². The topological polar surface area (TPSA) is 78.0 Å². The number of amides is 2. The van der Waals surface area contributed by atoms with E-state index >= 15 is 0 Å². The molecule has 28 heavy (non-hydrogen) atoms. The third kappa shape index (κ3) is 3.67. The van der Waals surface area contributed by atoms with Crippen molar-refractivity contribution in [2.24, 2.45) is 5.92 Å². The number of rotatable bonds is 3. The van der Waals surface area contributed by atoms with Crippen molar-refractivity contribution in [2.75, 3.05) is 44.7 Å². The number of nitrogens with zero attached hydrogens (tertiary/aromatic N) is 3. The number of likely N-dealkylation sites (tertiary alicyclic amines) is 1. The van der Waals surface area contributed by atoms with E-state index in [1.54, 1.807) is 11.9 Å². The highest BCUT2D eigenvalue weighted by molar-refractivity contribution is 7.91. The van der Waals surface area contributed by atoms with Crippen molar-refractivity contribution in [2.45, 2.75) is 24.9 Å². The molecule has 3 fully saturated rings. The van der Waals surface area contributed by atoms with Gasteiger partial charge in [-0.25, -0.2) is 8.42 Å². The zero-order valence-corrected chi connectivity index (χ0v) is 17.0. The van der Waals surface area contributed by atoms with E-state index in [4.69, 9.17) is 0 Å². The molecule has 0 aliphatic carbocycles. The van der Waals surface area contributed by atoms with Gasteiger partial charge in [-0.1, -0.05) is 30.3 Å². The molecular formula is C20H27N3O4S. The Bertz CT molecular complexity index is 849. The van der Waals surface area contributed by atoms with Crippen LogP contribution in [0.5, 0.6) is 0 Å². The van der Waals surface area contributed by atoms with E-state index in [0.717, 1.165) is 5.56 Å². The van der Waals surface area contributed by atoms with E-state index in [9.17, 15) is 18.0 Å². The highest BCUT2D eigenvalue weighted by atomic mass is 32.2. The van der Waals surface area contributed by atoms with E-state index in [-0.39, 0.29) is 47.7 Å². The minimum atomic E-state index is -2.90. The normalized spacial score (nSPS) is 30.8. The summed E-state index contributed by atoms with van der Waals surface area (Å²) in [4.78, 5) is 31.3. The van der Waals surface area contributed by atoms with E-state index in [1.165, 1.54) is 0 Å². The first-order chi connectivity index (χ1) is 13.4. The first kappa shape index (κ1) is 19.4. The van der Waals surface area contributed by atoms with Crippen molar-refractivity contribution in [1.29, 1.82) is 0 Å². The van der Waals surface area contributed by atoms with Gasteiger partial charge in [-0.15, -0.1) is 0 Å². The maximum absolute atomic E-state index is 13.2. The molecule has 0 unspecified atom stereocenters. The third-order valence-corrected chi connectivity index (χ3v) is 8.15. The van der Waals surface area contributed by atoms with Crippen LogP contribution in [0, 0.1) is 5.92 Å². The molecule has 0 saturated carbocycles. The van der Waals surface area contributed by atoms with Gasteiger partial charge in [0.15, 0.2) is 9.84 Å². The maximum atomic E-state index is 13.2. The van der Waals surface area contributed by atoms with E-state index in [1.807, 2.05) is 35.2 Å². The minimum Gasteiger partial charge on any atom is -0.340 e. The summed E-state index contributed by atoms with van der Waals surface area (Å²) < 4.78 is 23.5. The second-order valence-corrected chi connectivity index (χ2v) is 10.3. The quantitative estimate of drug-likeness (QED) is 0.733. The fraction of sp³-hybridized carbons (Fsp3) is 0.600. The number of piperazine rings is 1. The Kier molecular flexibility index (Phi) is 5.18.